The molecule has 3 rings (SSSR count). The van der Waals surface area contributed by atoms with Crippen molar-refractivity contribution in [3.05, 3.63) is 48.3 Å². The van der Waals surface area contributed by atoms with Gasteiger partial charge >= 0.3 is 5.69 Å². The number of nitrogens with zero attached hydrogens (tertiary/aromatic N) is 4. The van der Waals surface area contributed by atoms with Crippen molar-refractivity contribution in [1.29, 1.82) is 5.26 Å². The summed E-state index contributed by atoms with van der Waals surface area (Å²) in [6.07, 6.45) is 1.70. The Morgan fingerprint density at radius 3 is 2.74 bits per heavy atom. The Bertz CT molecular complexity index is 916. The molecule has 0 aromatic carbocycles. The topological polar surface area (TPSA) is 71.0 Å². The number of fused-ring (bicyclic) bond motifs is 1. The second-order valence-electron chi connectivity index (χ2n) is 5.68. The van der Waals surface area contributed by atoms with E-state index in [1.807, 2.05) is 11.0 Å². The van der Waals surface area contributed by atoms with Gasteiger partial charge in [0.05, 0.1) is 6.04 Å². The quantitative estimate of drug-likeness (QED) is 0.837. The summed E-state index contributed by atoms with van der Waals surface area (Å²) < 4.78 is 2.41. The van der Waals surface area contributed by atoms with Crippen LogP contribution < -0.4 is 16.1 Å². The van der Waals surface area contributed by atoms with E-state index in [0.29, 0.717) is 12.4 Å². The molecule has 2 aromatic heterocycles. The lowest BCUT2D eigenvalue weighted by atomic mass is 9.97. The lowest BCUT2D eigenvalue weighted by Crippen LogP contribution is -2.45. The zero-order valence-corrected chi connectivity index (χ0v) is 14.2. The molecule has 0 saturated carbocycles. The summed E-state index contributed by atoms with van der Waals surface area (Å²) in [6.45, 7) is 2.77. The first-order chi connectivity index (χ1) is 11.0. The second kappa shape index (κ2) is 5.70. The van der Waals surface area contributed by atoms with Crippen LogP contribution in [0, 0.1) is 11.3 Å². The van der Waals surface area contributed by atoms with Gasteiger partial charge < -0.3 is 4.90 Å². The zero-order valence-electron chi connectivity index (χ0n) is 13.4. The summed E-state index contributed by atoms with van der Waals surface area (Å²) in [5.74, 6) is 0.435. The molecule has 0 spiro atoms. The highest BCUT2D eigenvalue weighted by Crippen LogP contribution is 2.38. The molecule has 0 amide bonds. The van der Waals surface area contributed by atoms with Gasteiger partial charge in [-0.3, -0.25) is 13.9 Å². The monoisotopic (exact) mass is 330 g/mol. The highest BCUT2D eigenvalue weighted by Gasteiger charge is 2.31. The third-order valence-corrected chi connectivity index (χ3v) is 5.50. The molecule has 2 aromatic rings. The zero-order chi connectivity index (χ0) is 16.7. The molecular formula is C16H18N4O2S. The predicted octanol–water partition coefficient (Wildman–Crippen LogP) is 1.53. The summed E-state index contributed by atoms with van der Waals surface area (Å²) in [6, 6.07) is 4.18. The molecule has 0 bridgehead atoms. The molecule has 1 unspecified atom stereocenters. The van der Waals surface area contributed by atoms with Gasteiger partial charge in [0.1, 0.15) is 11.9 Å². The molecule has 3 heterocycles. The van der Waals surface area contributed by atoms with Gasteiger partial charge in [0, 0.05) is 25.5 Å². The summed E-state index contributed by atoms with van der Waals surface area (Å²) in [7, 11) is 3.02. The van der Waals surface area contributed by atoms with Gasteiger partial charge in [-0.15, -0.1) is 11.3 Å². The minimum Gasteiger partial charge on any atom is -0.349 e. The minimum atomic E-state index is -0.531. The highest BCUT2D eigenvalue weighted by atomic mass is 32.1. The van der Waals surface area contributed by atoms with Gasteiger partial charge in [0.2, 0.25) is 0 Å². The van der Waals surface area contributed by atoms with E-state index >= 15 is 0 Å². The lowest BCUT2D eigenvalue weighted by molar-refractivity contribution is 0.545. The van der Waals surface area contributed by atoms with Crippen molar-refractivity contribution in [2.75, 3.05) is 11.4 Å². The molecule has 1 aliphatic heterocycles. The molecule has 120 valence electrons. The molecule has 23 heavy (non-hydrogen) atoms. The van der Waals surface area contributed by atoms with Crippen LogP contribution in [0.1, 0.15) is 35.4 Å². The number of hydrogen-bond acceptors (Lipinski definition) is 5. The maximum Gasteiger partial charge on any atom is 0.332 e. The third-order valence-electron chi connectivity index (χ3n) is 4.50. The second-order valence-corrected chi connectivity index (χ2v) is 6.68. The Balaban J connectivity index is 2.26. The van der Waals surface area contributed by atoms with Gasteiger partial charge in [-0.05, 0) is 29.9 Å². The molecule has 0 radical (unpaired) electrons. The summed E-state index contributed by atoms with van der Waals surface area (Å²) in [5, 5.41) is 11.6. The van der Waals surface area contributed by atoms with Crippen molar-refractivity contribution < 1.29 is 0 Å². The highest BCUT2D eigenvalue weighted by molar-refractivity contribution is 7.10. The van der Waals surface area contributed by atoms with Crippen LogP contribution in [0.25, 0.3) is 0 Å². The van der Waals surface area contributed by atoms with E-state index in [9.17, 15) is 14.9 Å². The standard InChI is InChI=1S/C16H18N4O2S/c1-4-12-10-6-8-23-13(10)5-7-20(12)14-11(9-17)15(21)19(3)16(22)18(14)2/h6,8,12H,4-5,7H2,1-3H3. The maximum absolute atomic E-state index is 12.3. The van der Waals surface area contributed by atoms with Crippen LogP contribution in [0.5, 0.6) is 0 Å². The van der Waals surface area contributed by atoms with Crippen molar-refractivity contribution in [1.82, 2.24) is 9.13 Å². The molecule has 0 saturated heterocycles. The average molecular weight is 330 g/mol. The number of rotatable bonds is 2. The van der Waals surface area contributed by atoms with Crippen LogP contribution in [-0.2, 0) is 20.5 Å². The van der Waals surface area contributed by atoms with E-state index in [4.69, 9.17) is 0 Å². The summed E-state index contributed by atoms with van der Waals surface area (Å²) in [5.41, 5.74) is 0.332. The van der Waals surface area contributed by atoms with Crippen LogP contribution in [0.2, 0.25) is 0 Å². The SMILES string of the molecule is CCC1c2ccsc2CCN1c1c(C#N)c(=O)n(C)c(=O)n1C. The van der Waals surface area contributed by atoms with Crippen LogP contribution in [0.15, 0.2) is 21.0 Å². The van der Waals surface area contributed by atoms with Gasteiger partial charge in [-0.1, -0.05) is 6.92 Å². The number of nitriles is 1. The fourth-order valence-electron chi connectivity index (χ4n) is 3.36. The average Bonchev–Trinajstić information content (AvgIpc) is 3.03. The van der Waals surface area contributed by atoms with Crippen molar-refractivity contribution in [2.24, 2.45) is 14.1 Å². The van der Waals surface area contributed by atoms with Crippen molar-refractivity contribution in [2.45, 2.75) is 25.8 Å². The normalized spacial score (nSPS) is 17.0. The summed E-state index contributed by atoms with van der Waals surface area (Å²) in [4.78, 5) is 28.0. The van der Waals surface area contributed by atoms with Crippen molar-refractivity contribution in [3.8, 4) is 6.07 Å². The molecule has 0 N–H and O–H groups in total. The van der Waals surface area contributed by atoms with Crippen molar-refractivity contribution in [3.63, 3.8) is 0 Å². The molecule has 1 aliphatic rings. The fraction of sp³-hybridized carbons (Fsp3) is 0.438. The van der Waals surface area contributed by atoms with Gasteiger partial charge in [0.15, 0.2) is 5.56 Å². The molecule has 1 atom stereocenters. The molecule has 0 fully saturated rings. The van der Waals surface area contributed by atoms with Crippen molar-refractivity contribution >= 4 is 17.2 Å². The van der Waals surface area contributed by atoms with E-state index in [2.05, 4.69) is 18.4 Å². The van der Waals surface area contributed by atoms with Gasteiger partial charge in [-0.25, -0.2) is 4.79 Å². The van der Waals surface area contributed by atoms with E-state index in [1.54, 1.807) is 18.4 Å². The van der Waals surface area contributed by atoms with Gasteiger partial charge in [-0.2, -0.15) is 5.26 Å². The van der Waals surface area contributed by atoms with E-state index in [0.717, 1.165) is 17.4 Å². The van der Waals surface area contributed by atoms with Crippen LogP contribution >= 0.6 is 11.3 Å². The van der Waals surface area contributed by atoms with E-state index < -0.39 is 11.2 Å². The number of anilines is 1. The van der Waals surface area contributed by atoms with E-state index in [1.165, 1.54) is 22.1 Å². The number of thiophene rings is 1. The minimum absolute atomic E-state index is 0.0340. The predicted molar refractivity (Wildman–Crippen MR) is 90.0 cm³/mol. The first-order valence-corrected chi connectivity index (χ1v) is 8.42. The van der Waals surface area contributed by atoms with E-state index in [-0.39, 0.29) is 11.6 Å². The van der Waals surface area contributed by atoms with Crippen LogP contribution in [-0.4, -0.2) is 15.7 Å². The Kier molecular flexibility index (Phi) is 3.86. The lowest BCUT2D eigenvalue weighted by Gasteiger charge is -2.38. The maximum atomic E-state index is 12.3. The smallest absolute Gasteiger partial charge is 0.332 e. The van der Waals surface area contributed by atoms with Crippen LogP contribution in [0.4, 0.5) is 5.82 Å². The Morgan fingerprint density at radius 2 is 2.09 bits per heavy atom. The van der Waals surface area contributed by atoms with Crippen LogP contribution in [0.3, 0.4) is 0 Å². The Hall–Kier alpha value is -2.33. The summed E-state index contributed by atoms with van der Waals surface area (Å²) >= 11 is 1.74. The largest absolute Gasteiger partial charge is 0.349 e. The molecule has 6 nitrogen and oxygen atoms in total. The number of aromatic nitrogens is 2. The number of hydrogen-bond donors (Lipinski definition) is 0. The fourth-order valence-corrected chi connectivity index (χ4v) is 4.29. The Labute approximate surface area is 137 Å². The first kappa shape index (κ1) is 15.6. The molecular weight excluding hydrogens is 312 g/mol. The molecule has 0 aliphatic carbocycles. The molecule has 7 heteroatoms. The Morgan fingerprint density at radius 1 is 1.35 bits per heavy atom. The van der Waals surface area contributed by atoms with Gasteiger partial charge in [0.25, 0.3) is 5.56 Å². The first-order valence-electron chi connectivity index (χ1n) is 7.54. The third kappa shape index (κ3) is 2.21.